The number of esters is 1. The number of hydrogen-bond donors (Lipinski definition) is 0. The van der Waals surface area contributed by atoms with E-state index in [4.69, 9.17) is 4.74 Å². The van der Waals surface area contributed by atoms with Crippen LogP contribution in [0.2, 0.25) is 0 Å². The molecule has 0 aliphatic rings. The Labute approximate surface area is 130 Å². The molecular formula is C14H24F5O2P. The SMILES string of the molecule is CCC(C)(C(C)(P)COC(C)=O)C(F)(F)C(C)(C)C(F)(F)F. The van der Waals surface area contributed by atoms with Crippen LogP contribution in [0.25, 0.3) is 0 Å². The first-order valence-electron chi connectivity index (χ1n) is 6.84. The van der Waals surface area contributed by atoms with Crippen molar-refractivity contribution in [2.75, 3.05) is 6.61 Å². The Kier molecular flexibility index (Phi) is 6.09. The fraction of sp³-hybridized carbons (Fsp3) is 0.929. The van der Waals surface area contributed by atoms with Crippen molar-refractivity contribution < 1.29 is 31.5 Å². The van der Waals surface area contributed by atoms with Crippen molar-refractivity contribution in [3.05, 3.63) is 0 Å². The molecule has 0 N–H and O–H groups in total. The summed E-state index contributed by atoms with van der Waals surface area (Å²) in [5.41, 5.74) is -5.28. The Balaban J connectivity index is 5.94. The van der Waals surface area contributed by atoms with E-state index in [1.807, 2.05) is 0 Å². The van der Waals surface area contributed by atoms with E-state index < -0.39 is 40.7 Å². The highest BCUT2D eigenvalue weighted by Crippen LogP contribution is 2.62. The maximum atomic E-state index is 14.9. The predicted octanol–water partition coefficient (Wildman–Crippen LogP) is 4.82. The highest BCUT2D eigenvalue weighted by atomic mass is 31.0. The molecule has 0 aromatic rings. The lowest BCUT2D eigenvalue weighted by Gasteiger charge is -2.53. The number of carbonyl (C=O) groups excluding carboxylic acids is 1. The van der Waals surface area contributed by atoms with Crippen LogP contribution in [0, 0.1) is 10.8 Å². The molecular weight excluding hydrogens is 326 g/mol. The van der Waals surface area contributed by atoms with E-state index in [2.05, 4.69) is 9.24 Å². The van der Waals surface area contributed by atoms with Gasteiger partial charge in [-0.2, -0.15) is 13.2 Å². The zero-order valence-corrected chi connectivity index (χ0v) is 14.9. The largest absolute Gasteiger partial charge is 0.465 e. The fourth-order valence-electron chi connectivity index (χ4n) is 2.26. The van der Waals surface area contributed by atoms with Gasteiger partial charge in [0.15, 0.2) is 0 Å². The van der Waals surface area contributed by atoms with Crippen molar-refractivity contribution in [1.82, 2.24) is 0 Å². The molecule has 0 spiro atoms. The van der Waals surface area contributed by atoms with Crippen LogP contribution in [0.5, 0.6) is 0 Å². The summed E-state index contributed by atoms with van der Waals surface area (Å²) < 4.78 is 73.9. The summed E-state index contributed by atoms with van der Waals surface area (Å²) in [7, 11) is 2.13. The number of halogens is 5. The third-order valence-electron chi connectivity index (χ3n) is 4.73. The van der Waals surface area contributed by atoms with Crippen molar-refractivity contribution in [2.45, 2.75) is 65.2 Å². The Morgan fingerprint density at radius 3 is 1.73 bits per heavy atom. The van der Waals surface area contributed by atoms with Crippen molar-refractivity contribution in [2.24, 2.45) is 10.8 Å². The Morgan fingerprint density at radius 2 is 1.45 bits per heavy atom. The van der Waals surface area contributed by atoms with Crippen molar-refractivity contribution in [3.63, 3.8) is 0 Å². The highest BCUT2D eigenvalue weighted by Gasteiger charge is 2.72. The quantitative estimate of drug-likeness (QED) is 0.390. The number of rotatable bonds is 6. The number of alkyl halides is 5. The summed E-state index contributed by atoms with van der Waals surface area (Å²) in [5, 5.41) is -1.43. The second-order valence-electron chi connectivity index (χ2n) is 6.58. The maximum Gasteiger partial charge on any atom is 0.399 e. The maximum absolute atomic E-state index is 14.9. The average Bonchev–Trinajstić information content (AvgIpc) is 2.33. The van der Waals surface area contributed by atoms with Gasteiger partial charge in [0.2, 0.25) is 0 Å². The molecule has 8 heteroatoms. The van der Waals surface area contributed by atoms with E-state index in [0.29, 0.717) is 13.8 Å². The predicted molar refractivity (Wildman–Crippen MR) is 77.9 cm³/mol. The Hall–Kier alpha value is -0.450. The Bertz CT molecular complexity index is 418. The van der Waals surface area contributed by atoms with E-state index in [9.17, 15) is 26.7 Å². The zero-order chi connectivity index (χ0) is 18.2. The molecule has 132 valence electrons. The van der Waals surface area contributed by atoms with Crippen LogP contribution in [0.4, 0.5) is 22.0 Å². The minimum Gasteiger partial charge on any atom is -0.465 e. The van der Waals surface area contributed by atoms with Gasteiger partial charge in [-0.05, 0) is 20.3 Å². The van der Waals surface area contributed by atoms with E-state index in [0.717, 1.165) is 13.8 Å². The van der Waals surface area contributed by atoms with Gasteiger partial charge in [0.1, 0.15) is 12.0 Å². The lowest BCUT2D eigenvalue weighted by molar-refractivity contribution is -0.321. The summed E-state index contributed by atoms with van der Waals surface area (Å²) in [5.74, 6) is -4.76. The third-order valence-corrected chi connectivity index (χ3v) is 5.53. The third kappa shape index (κ3) is 3.39. The number of carbonyl (C=O) groups is 1. The number of hydrogen-bond acceptors (Lipinski definition) is 2. The second-order valence-corrected chi connectivity index (χ2v) is 7.85. The topological polar surface area (TPSA) is 26.3 Å². The molecule has 0 aliphatic heterocycles. The normalized spacial score (nSPS) is 19.3. The first-order valence-corrected chi connectivity index (χ1v) is 7.42. The fourth-order valence-corrected chi connectivity index (χ4v) is 2.73. The zero-order valence-electron chi connectivity index (χ0n) is 13.7. The van der Waals surface area contributed by atoms with Gasteiger partial charge in [0.05, 0.1) is 0 Å². The molecule has 0 radical (unpaired) electrons. The molecule has 0 aromatic carbocycles. The summed E-state index contributed by atoms with van der Waals surface area (Å²) >= 11 is 0. The standard InChI is InChI=1S/C14H24F5O2P/c1-7-11(5,12(6,22)8-21-9(2)20)13(15,16)10(3,4)14(17,18)19/h7-8,22H2,1-6H3. The van der Waals surface area contributed by atoms with Gasteiger partial charge in [0.25, 0.3) is 5.92 Å². The van der Waals surface area contributed by atoms with Crippen LogP contribution in [0.1, 0.15) is 48.0 Å². The molecule has 0 amide bonds. The van der Waals surface area contributed by atoms with Crippen LogP contribution in [0.15, 0.2) is 0 Å². The molecule has 0 saturated carbocycles. The monoisotopic (exact) mass is 350 g/mol. The second kappa shape index (κ2) is 6.21. The molecule has 3 atom stereocenters. The molecule has 0 fully saturated rings. The lowest BCUT2D eigenvalue weighted by atomic mass is 9.62. The molecule has 0 rings (SSSR count). The smallest absolute Gasteiger partial charge is 0.399 e. The van der Waals surface area contributed by atoms with Gasteiger partial charge in [0, 0.05) is 17.5 Å². The van der Waals surface area contributed by atoms with Crippen molar-refractivity contribution in [1.29, 1.82) is 0 Å². The molecule has 0 heterocycles. The molecule has 22 heavy (non-hydrogen) atoms. The molecule has 3 unspecified atom stereocenters. The summed E-state index contributed by atoms with van der Waals surface area (Å²) in [4.78, 5) is 10.9. The van der Waals surface area contributed by atoms with Gasteiger partial charge in [-0.1, -0.05) is 20.8 Å². The minimum atomic E-state index is -5.07. The molecule has 0 aliphatic carbocycles. The van der Waals surface area contributed by atoms with E-state index in [1.165, 1.54) is 13.8 Å². The summed E-state index contributed by atoms with van der Waals surface area (Å²) in [6.07, 6.45) is -5.30. The first kappa shape index (κ1) is 21.6. The lowest BCUT2D eigenvalue weighted by Crippen LogP contribution is -2.63. The average molecular weight is 350 g/mol. The van der Waals surface area contributed by atoms with E-state index in [1.54, 1.807) is 0 Å². The summed E-state index contributed by atoms with van der Waals surface area (Å²) in [6, 6.07) is 0. The Morgan fingerprint density at radius 1 is 1.05 bits per heavy atom. The van der Waals surface area contributed by atoms with Crippen LogP contribution in [-0.4, -0.2) is 29.8 Å². The van der Waals surface area contributed by atoms with Gasteiger partial charge in [-0.25, -0.2) is 8.78 Å². The molecule has 0 saturated heterocycles. The van der Waals surface area contributed by atoms with Crippen LogP contribution < -0.4 is 0 Å². The van der Waals surface area contributed by atoms with Crippen LogP contribution in [-0.2, 0) is 9.53 Å². The first-order chi connectivity index (χ1) is 9.48. The minimum absolute atomic E-state index is 0.221. The number of ether oxygens (including phenoxy) is 1. The van der Waals surface area contributed by atoms with Gasteiger partial charge < -0.3 is 4.74 Å². The molecule has 0 bridgehead atoms. The molecule has 2 nitrogen and oxygen atoms in total. The van der Waals surface area contributed by atoms with Gasteiger partial charge in [-0.3, -0.25) is 4.79 Å². The van der Waals surface area contributed by atoms with Gasteiger partial charge in [-0.15, -0.1) is 9.24 Å². The highest BCUT2D eigenvalue weighted by molar-refractivity contribution is 7.19. The van der Waals surface area contributed by atoms with Gasteiger partial charge >= 0.3 is 12.1 Å². The summed E-state index contributed by atoms with van der Waals surface area (Å²) in [6.45, 7) is 5.53. The van der Waals surface area contributed by atoms with Crippen molar-refractivity contribution in [3.8, 4) is 0 Å². The van der Waals surface area contributed by atoms with Crippen molar-refractivity contribution >= 4 is 15.2 Å². The van der Waals surface area contributed by atoms with E-state index in [-0.39, 0.29) is 6.42 Å². The molecule has 0 aromatic heterocycles. The van der Waals surface area contributed by atoms with Crippen LogP contribution >= 0.6 is 9.24 Å². The van der Waals surface area contributed by atoms with Crippen LogP contribution in [0.3, 0.4) is 0 Å². The van der Waals surface area contributed by atoms with E-state index >= 15 is 0 Å².